The van der Waals surface area contributed by atoms with Gasteiger partial charge in [-0.25, -0.2) is 4.79 Å². The van der Waals surface area contributed by atoms with Crippen molar-refractivity contribution in [3.05, 3.63) is 53.6 Å². The van der Waals surface area contributed by atoms with Gasteiger partial charge in [-0.2, -0.15) is 0 Å². The summed E-state index contributed by atoms with van der Waals surface area (Å²) < 4.78 is 5.88. The molecule has 1 aromatic carbocycles. The number of aryl methyl sites for hydroxylation is 1. The summed E-state index contributed by atoms with van der Waals surface area (Å²) in [6.07, 6.45) is 13.2. The predicted molar refractivity (Wildman–Crippen MR) is 132 cm³/mol. The van der Waals surface area contributed by atoms with Gasteiger partial charge in [0, 0.05) is 11.5 Å². The molecule has 1 N–H and O–H groups in total. The van der Waals surface area contributed by atoms with E-state index in [0.29, 0.717) is 18.4 Å². The zero-order chi connectivity index (χ0) is 23.5. The van der Waals surface area contributed by atoms with Gasteiger partial charge in [0.05, 0.1) is 12.2 Å². The Morgan fingerprint density at radius 3 is 2.76 bits per heavy atom. The van der Waals surface area contributed by atoms with Gasteiger partial charge >= 0.3 is 5.97 Å². The summed E-state index contributed by atoms with van der Waals surface area (Å²) in [5.74, 6) is 0.954. The summed E-state index contributed by atoms with van der Waals surface area (Å²) in [6.45, 7) is 11.7. The normalized spacial score (nSPS) is 42.1. The number of esters is 1. The van der Waals surface area contributed by atoms with Gasteiger partial charge in [-0.1, -0.05) is 56.7 Å². The third-order valence-corrected chi connectivity index (χ3v) is 10.3. The molecule has 0 heterocycles. The van der Waals surface area contributed by atoms with Crippen LogP contribution in [0, 0.1) is 35.0 Å². The Labute approximate surface area is 199 Å². The largest absolute Gasteiger partial charge is 0.462 e. The number of hydrogen-bond acceptors (Lipinski definition) is 3. The lowest BCUT2D eigenvalue weighted by atomic mass is 9.41. The lowest BCUT2D eigenvalue weighted by Gasteiger charge is -2.64. The van der Waals surface area contributed by atoms with Crippen LogP contribution in [0.3, 0.4) is 0 Å². The first-order valence-corrected chi connectivity index (χ1v) is 12.9. The number of hydrogen-bond donors (Lipinski definition) is 1. The minimum Gasteiger partial charge on any atom is -0.462 e. The number of benzene rings is 1. The minimum absolute atomic E-state index is 0.0187. The van der Waals surface area contributed by atoms with Crippen LogP contribution >= 0.6 is 0 Å². The zero-order valence-corrected chi connectivity index (χ0v) is 20.7. The Morgan fingerprint density at radius 1 is 1.18 bits per heavy atom. The van der Waals surface area contributed by atoms with E-state index in [9.17, 15) is 9.90 Å². The van der Waals surface area contributed by atoms with Crippen molar-refractivity contribution in [2.75, 3.05) is 6.61 Å². The van der Waals surface area contributed by atoms with Crippen LogP contribution in [0.5, 0.6) is 0 Å². The molecule has 0 aromatic heterocycles. The topological polar surface area (TPSA) is 46.5 Å². The van der Waals surface area contributed by atoms with Crippen LogP contribution in [0.15, 0.2) is 42.5 Å². The van der Waals surface area contributed by atoms with E-state index < -0.39 is 5.60 Å². The number of fused-ring (bicyclic) bond motifs is 3. The van der Waals surface area contributed by atoms with Crippen molar-refractivity contribution in [3.8, 4) is 0 Å². The summed E-state index contributed by atoms with van der Waals surface area (Å²) in [7, 11) is 0. The molecule has 4 fully saturated rings. The summed E-state index contributed by atoms with van der Waals surface area (Å²) in [4.78, 5) is 12.6. The molecule has 3 nitrogen and oxygen atoms in total. The second-order valence-corrected chi connectivity index (χ2v) is 12.4. The summed E-state index contributed by atoms with van der Waals surface area (Å²) in [5, 5.41) is 11.1. The monoisotopic (exact) mass is 448 g/mol. The number of ether oxygens (including phenoxy) is 1. The molecule has 4 saturated carbocycles. The van der Waals surface area contributed by atoms with Gasteiger partial charge < -0.3 is 9.84 Å². The highest BCUT2D eigenvalue weighted by Crippen LogP contribution is 2.72. The highest BCUT2D eigenvalue weighted by atomic mass is 16.5. The van der Waals surface area contributed by atoms with Gasteiger partial charge in [0.2, 0.25) is 0 Å². The van der Waals surface area contributed by atoms with Crippen LogP contribution in [0.2, 0.25) is 0 Å². The SMILES string of the molecule is C=C1C[C@@]23CC[C@@H]4[C@](C)(COC(=O)/C=C/c5cccc(C)c5)CCC[C@@]4(C)[C@@H]2CC[C@]1(O)C3. The maximum absolute atomic E-state index is 12.6. The fourth-order valence-corrected chi connectivity index (χ4v) is 8.88. The van der Waals surface area contributed by atoms with Crippen LogP contribution in [0.1, 0.15) is 82.8 Å². The fourth-order valence-electron chi connectivity index (χ4n) is 8.88. The zero-order valence-electron chi connectivity index (χ0n) is 20.7. The van der Waals surface area contributed by atoms with E-state index in [1.54, 1.807) is 6.08 Å². The van der Waals surface area contributed by atoms with Gasteiger partial charge in [-0.15, -0.1) is 0 Å². The Kier molecular flexibility index (Phi) is 5.44. The first-order valence-electron chi connectivity index (χ1n) is 12.9. The summed E-state index contributed by atoms with van der Waals surface area (Å²) in [5.41, 5.74) is 3.18. The molecule has 178 valence electrons. The molecule has 2 bridgehead atoms. The number of aliphatic hydroxyl groups is 1. The van der Waals surface area contributed by atoms with Gasteiger partial charge in [-0.3, -0.25) is 0 Å². The third kappa shape index (κ3) is 3.71. The van der Waals surface area contributed by atoms with Crippen molar-refractivity contribution >= 4 is 12.0 Å². The molecule has 0 unspecified atom stereocenters. The Morgan fingerprint density at radius 2 is 1.97 bits per heavy atom. The third-order valence-electron chi connectivity index (χ3n) is 10.3. The second kappa shape index (κ2) is 7.83. The van der Waals surface area contributed by atoms with Gasteiger partial charge in [0.1, 0.15) is 0 Å². The van der Waals surface area contributed by atoms with Crippen molar-refractivity contribution in [3.63, 3.8) is 0 Å². The lowest BCUT2D eigenvalue weighted by molar-refractivity contribution is -0.179. The van der Waals surface area contributed by atoms with Crippen LogP contribution in [-0.2, 0) is 9.53 Å². The highest BCUT2D eigenvalue weighted by molar-refractivity contribution is 5.87. The van der Waals surface area contributed by atoms with E-state index in [4.69, 9.17) is 4.74 Å². The molecule has 4 aliphatic carbocycles. The molecule has 1 aromatic rings. The van der Waals surface area contributed by atoms with Crippen molar-refractivity contribution in [1.82, 2.24) is 0 Å². The van der Waals surface area contributed by atoms with E-state index in [1.807, 2.05) is 18.2 Å². The van der Waals surface area contributed by atoms with Crippen molar-refractivity contribution in [1.29, 1.82) is 0 Å². The molecule has 0 aliphatic heterocycles. The Bertz CT molecular complexity index is 994. The molecular weight excluding hydrogens is 408 g/mol. The van der Waals surface area contributed by atoms with E-state index in [0.717, 1.165) is 43.2 Å². The molecule has 3 heteroatoms. The number of rotatable bonds is 4. The quantitative estimate of drug-likeness (QED) is 0.319. The minimum atomic E-state index is -0.614. The highest BCUT2D eigenvalue weighted by Gasteiger charge is 2.66. The van der Waals surface area contributed by atoms with E-state index in [-0.39, 0.29) is 22.2 Å². The molecule has 33 heavy (non-hydrogen) atoms. The van der Waals surface area contributed by atoms with Crippen molar-refractivity contribution in [2.24, 2.45) is 28.1 Å². The maximum atomic E-state index is 12.6. The number of carbonyl (C=O) groups is 1. The standard InChI is InChI=1S/C30H40O3/c1-21-7-5-8-23(17-21)9-10-26(31)33-20-27(3)13-6-14-28(4)24(27)11-15-29-18-22(2)30(32,19-29)16-12-25(28)29/h5,7-10,17,24-25,32H,2,6,11-16,18-20H2,1,3-4H3/b10-9+/t24-,25+,27+,28-,29-,30+/m1/s1. The number of carbonyl (C=O) groups excluding carboxylic acids is 1. The van der Waals surface area contributed by atoms with Crippen molar-refractivity contribution < 1.29 is 14.6 Å². The van der Waals surface area contributed by atoms with Gasteiger partial charge in [0.25, 0.3) is 0 Å². The summed E-state index contributed by atoms with van der Waals surface area (Å²) in [6, 6.07) is 8.13. The lowest BCUT2D eigenvalue weighted by Crippen LogP contribution is -2.58. The van der Waals surface area contributed by atoms with Crippen LogP contribution in [-0.4, -0.2) is 23.3 Å². The fraction of sp³-hybridized carbons (Fsp3) is 0.633. The van der Waals surface area contributed by atoms with E-state index in [2.05, 4.69) is 39.5 Å². The predicted octanol–water partition coefficient (Wildman–Crippen LogP) is 6.64. The molecule has 4 aliphatic rings. The molecule has 1 spiro atoms. The first-order chi connectivity index (χ1) is 15.6. The van der Waals surface area contributed by atoms with Gasteiger partial charge in [-0.05, 0) is 98.2 Å². The summed E-state index contributed by atoms with van der Waals surface area (Å²) >= 11 is 0. The Balaban J connectivity index is 1.30. The molecule has 0 amide bonds. The van der Waals surface area contributed by atoms with E-state index >= 15 is 0 Å². The maximum Gasteiger partial charge on any atom is 0.330 e. The average Bonchev–Trinajstić information content (AvgIpc) is 2.94. The molecular formula is C30H40O3. The smallest absolute Gasteiger partial charge is 0.330 e. The first kappa shape index (κ1) is 22.9. The molecule has 0 saturated heterocycles. The second-order valence-electron chi connectivity index (χ2n) is 12.4. The average molecular weight is 449 g/mol. The Hall–Kier alpha value is -1.87. The molecule has 5 rings (SSSR count). The van der Waals surface area contributed by atoms with Crippen LogP contribution in [0.4, 0.5) is 0 Å². The van der Waals surface area contributed by atoms with Crippen LogP contribution < -0.4 is 0 Å². The molecule has 0 radical (unpaired) electrons. The molecule has 6 atom stereocenters. The van der Waals surface area contributed by atoms with Crippen LogP contribution in [0.25, 0.3) is 6.08 Å². The van der Waals surface area contributed by atoms with Gasteiger partial charge in [0.15, 0.2) is 0 Å². The van der Waals surface area contributed by atoms with Crippen molar-refractivity contribution in [2.45, 2.75) is 84.2 Å². The van der Waals surface area contributed by atoms with E-state index in [1.165, 1.54) is 31.2 Å².